The van der Waals surface area contributed by atoms with Gasteiger partial charge in [-0.25, -0.2) is 4.98 Å². The van der Waals surface area contributed by atoms with Gasteiger partial charge in [0.2, 0.25) is 11.8 Å². The first-order valence-electron chi connectivity index (χ1n) is 8.65. The van der Waals surface area contributed by atoms with Crippen LogP contribution in [0.3, 0.4) is 0 Å². The smallest absolute Gasteiger partial charge is 0.326 e. The quantitative estimate of drug-likeness (QED) is 0.469. The summed E-state index contributed by atoms with van der Waals surface area (Å²) in [6.07, 6.45) is 4.95. The Morgan fingerprint density at radius 2 is 1.85 bits per heavy atom. The van der Waals surface area contributed by atoms with Gasteiger partial charge < -0.3 is 4.74 Å². The summed E-state index contributed by atoms with van der Waals surface area (Å²) in [4.78, 5) is 42.8. The second-order valence-electron chi connectivity index (χ2n) is 7.00. The van der Waals surface area contributed by atoms with Crippen molar-refractivity contribution in [3.8, 4) is 0 Å². The van der Waals surface area contributed by atoms with E-state index in [1.54, 1.807) is 0 Å². The van der Waals surface area contributed by atoms with Crippen LogP contribution in [0.5, 0.6) is 0 Å². The minimum Gasteiger partial charge on any atom is -0.457 e. The van der Waals surface area contributed by atoms with Crippen LogP contribution in [0.2, 0.25) is 0 Å². The number of thiazole rings is 1. The van der Waals surface area contributed by atoms with Crippen molar-refractivity contribution in [2.75, 3.05) is 6.54 Å². The molecule has 5 rings (SSSR count). The van der Waals surface area contributed by atoms with Gasteiger partial charge in [-0.2, -0.15) is 0 Å². The maximum absolute atomic E-state index is 12.6. The maximum Gasteiger partial charge on any atom is 0.326 e. The molecule has 2 aromatic rings. The van der Waals surface area contributed by atoms with Crippen LogP contribution in [0.15, 0.2) is 36.4 Å². The number of hydrogen-bond acceptors (Lipinski definition) is 6. The number of aromatic nitrogens is 1. The first-order valence-corrected chi connectivity index (χ1v) is 9.47. The van der Waals surface area contributed by atoms with Crippen LogP contribution in [0.25, 0.3) is 10.2 Å². The second-order valence-corrected chi connectivity index (χ2v) is 8.11. The lowest BCUT2D eigenvalue weighted by molar-refractivity contribution is -0.154. The monoisotopic (exact) mass is 368 g/mol. The van der Waals surface area contributed by atoms with E-state index in [2.05, 4.69) is 4.98 Å². The van der Waals surface area contributed by atoms with E-state index in [0.29, 0.717) is 5.01 Å². The van der Waals surface area contributed by atoms with Gasteiger partial charge in [-0.05, 0) is 30.4 Å². The number of allylic oxidation sites excluding steroid dienone is 2. The van der Waals surface area contributed by atoms with Crippen LogP contribution in [0.4, 0.5) is 0 Å². The molecular weight excluding hydrogens is 352 g/mol. The fraction of sp³-hybridized carbons (Fsp3) is 0.368. The van der Waals surface area contributed by atoms with Gasteiger partial charge in [0, 0.05) is 0 Å². The van der Waals surface area contributed by atoms with E-state index in [0.717, 1.165) is 21.5 Å². The molecule has 1 aromatic heterocycles. The zero-order chi connectivity index (χ0) is 17.8. The van der Waals surface area contributed by atoms with Crippen LogP contribution >= 0.6 is 11.3 Å². The van der Waals surface area contributed by atoms with Crippen LogP contribution in [-0.2, 0) is 25.7 Å². The molecule has 4 atom stereocenters. The summed E-state index contributed by atoms with van der Waals surface area (Å²) in [5.41, 5.74) is 0.865. The van der Waals surface area contributed by atoms with Crippen molar-refractivity contribution in [2.45, 2.75) is 13.0 Å². The fourth-order valence-corrected chi connectivity index (χ4v) is 5.30. The first-order chi connectivity index (χ1) is 12.6. The van der Waals surface area contributed by atoms with Gasteiger partial charge in [-0.3, -0.25) is 19.3 Å². The molecule has 7 heteroatoms. The number of carbonyl (C=O) groups is 3. The van der Waals surface area contributed by atoms with Gasteiger partial charge >= 0.3 is 5.97 Å². The Morgan fingerprint density at radius 3 is 2.54 bits per heavy atom. The molecule has 3 aliphatic rings. The number of hydrogen-bond donors (Lipinski definition) is 0. The molecule has 1 saturated carbocycles. The number of para-hydroxylation sites is 1. The molecule has 2 fully saturated rings. The van der Waals surface area contributed by atoms with E-state index in [9.17, 15) is 14.4 Å². The lowest BCUT2D eigenvalue weighted by atomic mass is 9.85. The Morgan fingerprint density at radius 1 is 1.15 bits per heavy atom. The largest absolute Gasteiger partial charge is 0.457 e. The summed E-state index contributed by atoms with van der Waals surface area (Å²) < 4.78 is 6.28. The van der Waals surface area contributed by atoms with Crippen molar-refractivity contribution in [1.29, 1.82) is 0 Å². The topological polar surface area (TPSA) is 76.6 Å². The molecule has 1 aliphatic heterocycles. The summed E-state index contributed by atoms with van der Waals surface area (Å²) in [7, 11) is 0. The Balaban J connectivity index is 1.23. The molecule has 0 radical (unpaired) electrons. The van der Waals surface area contributed by atoms with Gasteiger partial charge in [0.15, 0.2) is 0 Å². The Labute approximate surface area is 153 Å². The number of amides is 2. The van der Waals surface area contributed by atoms with E-state index >= 15 is 0 Å². The normalized spacial score (nSPS) is 29.0. The molecule has 132 valence electrons. The minimum absolute atomic E-state index is 0.0497. The molecule has 0 N–H and O–H groups in total. The molecule has 1 aromatic carbocycles. The van der Waals surface area contributed by atoms with Crippen LogP contribution < -0.4 is 0 Å². The van der Waals surface area contributed by atoms with Crippen molar-refractivity contribution in [3.05, 3.63) is 41.4 Å². The van der Waals surface area contributed by atoms with Crippen molar-refractivity contribution in [2.24, 2.45) is 23.7 Å². The fourth-order valence-electron chi connectivity index (χ4n) is 4.42. The maximum atomic E-state index is 12.6. The number of benzene rings is 1. The molecule has 0 spiro atoms. The van der Waals surface area contributed by atoms with Crippen LogP contribution in [0.1, 0.15) is 11.4 Å². The molecule has 6 nitrogen and oxygen atoms in total. The highest BCUT2D eigenvalue weighted by molar-refractivity contribution is 7.18. The average molecular weight is 368 g/mol. The highest BCUT2D eigenvalue weighted by atomic mass is 32.1. The highest BCUT2D eigenvalue weighted by Crippen LogP contribution is 2.52. The predicted molar refractivity (Wildman–Crippen MR) is 93.9 cm³/mol. The Bertz CT molecular complexity index is 902. The Kier molecular flexibility index (Phi) is 3.46. The van der Waals surface area contributed by atoms with Gasteiger partial charge in [0.1, 0.15) is 18.2 Å². The second kappa shape index (κ2) is 5.74. The number of nitrogens with zero attached hydrogens (tertiary/aromatic N) is 2. The van der Waals surface area contributed by atoms with E-state index < -0.39 is 5.97 Å². The van der Waals surface area contributed by atoms with Gasteiger partial charge in [0.25, 0.3) is 0 Å². The predicted octanol–water partition coefficient (Wildman–Crippen LogP) is 2.15. The number of likely N-dealkylation sites (tertiary alicyclic amines) is 1. The van der Waals surface area contributed by atoms with Gasteiger partial charge in [0.05, 0.1) is 22.1 Å². The third-order valence-corrected chi connectivity index (χ3v) is 6.55. The SMILES string of the molecule is O=C(CN1C(=O)C2C3C=CC(C3)C2C1=O)OCc1nc2ccccc2s1. The molecule has 2 heterocycles. The lowest BCUT2D eigenvalue weighted by Crippen LogP contribution is -2.37. The summed E-state index contributed by atoms with van der Waals surface area (Å²) in [6, 6.07) is 7.70. The standard InChI is InChI=1S/C19H16N2O4S/c22-15(25-9-14-20-12-3-1-2-4-13(12)26-14)8-21-18(23)16-10-5-6-11(7-10)17(16)19(21)24/h1-6,10-11,16-17H,7-9H2. The van der Waals surface area contributed by atoms with Crippen molar-refractivity contribution in [1.82, 2.24) is 9.88 Å². The molecule has 2 aliphatic carbocycles. The number of fused-ring (bicyclic) bond motifs is 6. The zero-order valence-electron chi connectivity index (χ0n) is 13.8. The summed E-state index contributed by atoms with van der Waals surface area (Å²) in [5.74, 6) is -1.31. The van der Waals surface area contributed by atoms with Crippen molar-refractivity contribution in [3.63, 3.8) is 0 Å². The van der Waals surface area contributed by atoms with Crippen molar-refractivity contribution >= 4 is 39.3 Å². The molecule has 2 amide bonds. The first kappa shape index (κ1) is 15.7. The lowest BCUT2D eigenvalue weighted by Gasteiger charge is -2.16. The summed E-state index contributed by atoms with van der Waals surface area (Å²) >= 11 is 1.46. The molecule has 1 saturated heterocycles. The van der Waals surface area contributed by atoms with Crippen molar-refractivity contribution < 1.29 is 19.1 Å². The third kappa shape index (κ3) is 2.30. The number of carbonyl (C=O) groups excluding carboxylic acids is 3. The summed E-state index contributed by atoms with van der Waals surface area (Å²) in [5, 5.41) is 0.692. The van der Waals surface area contributed by atoms with Crippen LogP contribution in [0, 0.1) is 23.7 Å². The number of esters is 1. The highest BCUT2D eigenvalue weighted by Gasteiger charge is 2.59. The number of imide groups is 1. The van der Waals surface area contributed by atoms with Crippen LogP contribution in [-0.4, -0.2) is 34.2 Å². The molecule has 2 bridgehead atoms. The minimum atomic E-state index is -0.578. The Hall–Kier alpha value is -2.54. The third-order valence-electron chi connectivity index (χ3n) is 5.54. The number of ether oxygens (including phenoxy) is 1. The zero-order valence-corrected chi connectivity index (χ0v) is 14.6. The molecular formula is C19H16N2O4S. The van der Waals surface area contributed by atoms with E-state index in [1.165, 1.54) is 11.3 Å². The van der Waals surface area contributed by atoms with Gasteiger partial charge in [-0.1, -0.05) is 24.3 Å². The molecule has 4 unspecified atom stereocenters. The van der Waals surface area contributed by atoms with E-state index in [1.807, 2.05) is 36.4 Å². The molecule has 26 heavy (non-hydrogen) atoms. The van der Waals surface area contributed by atoms with E-state index in [4.69, 9.17) is 4.74 Å². The van der Waals surface area contributed by atoms with E-state index in [-0.39, 0.29) is 48.6 Å². The number of rotatable bonds is 4. The average Bonchev–Trinajstić information content (AvgIpc) is 3.39. The van der Waals surface area contributed by atoms with Gasteiger partial charge in [-0.15, -0.1) is 11.3 Å². The summed E-state index contributed by atoms with van der Waals surface area (Å²) in [6.45, 7) is -0.261.